The maximum absolute atomic E-state index is 9.61. The third-order valence-electron chi connectivity index (χ3n) is 4.33. The second-order valence-electron chi connectivity index (χ2n) is 5.21. The van der Waals surface area contributed by atoms with Crippen molar-refractivity contribution in [2.75, 3.05) is 6.61 Å². The molecule has 2 aromatic rings. The Hall–Kier alpha value is -1.35. The van der Waals surface area contributed by atoms with Crippen molar-refractivity contribution in [1.82, 2.24) is 9.55 Å². The number of hydrogen-bond donors (Lipinski definition) is 1. The fraction of sp³-hybridized carbons (Fsp3) is 0.500. The summed E-state index contributed by atoms with van der Waals surface area (Å²) in [4.78, 5) is 4.51. The van der Waals surface area contributed by atoms with Crippen LogP contribution in [0.15, 0.2) is 18.2 Å². The Morgan fingerprint density at radius 3 is 2.76 bits per heavy atom. The Bertz CT molecular complexity index is 561. The van der Waals surface area contributed by atoms with Gasteiger partial charge >= 0.3 is 0 Å². The molecule has 90 valence electrons. The van der Waals surface area contributed by atoms with Crippen molar-refractivity contribution in [2.45, 2.75) is 31.6 Å². The van der Waals surface area contributed by atoms with Crippen LogP contribution >= 0.6 is 0 Å². The lowest BCUT2D eigenvalue weighted by Gasteiger charge is -2.40. The number of aliphatic hydroxyl groups excluding tert-OH is 1. The SMILES string of the molecule is Cc1nc2ccc(C3(CO)CCC3)cc2n1C. The smallest absolute Gasteiger partial charge is 0.106 e. The molecule has 1 heterocycles. The van der Waals surface area contributed by atoms with Crippen molar-refractivity contribution in [3.05, 3.63) is 29.6 Å². The molecule has 0 atom stereocenters. The predicted molar refractivity (Wildman–Crippen MR) is 68.1 cm³/mol. The number of hydrogen-bond acceptors (Lipinski definition) is 2. The van der Waals surface area contributed by atoms with Crippen molar-refractivity contribution in [1.29, 1.82) is 0 Å². The molecular formula is C14H18N2O. The number of benzene rings is 1. The van der Waals surface area contributed by atoms with Gasteiger partial charge < -0.3 is 9.67 Å². The van der Waals surface area contributed by atoms with Crippen LogP contribution in [0.2, 0.25) is 0 Å². The zero-order valence-corrected chi connectivity index (χ0v) is 10.4. The van der Waals surface area contributed by atoms with Crippen LogP contribution in [0.3, 0.4) is 0 Å². The van der Waals surface area contributed by atoms with E-state index < -0.39 is 0 Å². The minimum absolute atomic E-state index is 0.0202. The minimum Gasteiger partial charge on any atom is -0.395 e. The molecule has 0 spiro atoms. The first-order chi connectivity index (χ1) is 8.16. The van der Waals surface area contributed by atoms with Crippen LogP contribution in [0.25, 0.3) is 11.0 Å². The van der Waals surface area contributed by atoms with E-state index in [0.717, 1.165) is 24.2 Å². The summed E-state index contributed by atoms with van der Waals surface area (Å²) in [6, 6.07) is 6.41. The van der Waals surface area contributed by atoms with Gasteiger partial charge in [-0.25, -0.2) is 4.98 Å². The van der Waals surface area contributed by atoms with Gasteiger partial charge in [0.05, 0.1) is 17.6 Å². The third kappa shape index (κ3) is 1.42. The number of nitrogens with zero attached hydrogens (tertiary/aromatic N) is 2. The van der Waals surface area contributed by atoms with E-state index in [1.807, 2.05) is 14.0 Å². The van der Waals surface area contributed by atoms with E-state index >= 15 is 0 Å². The first kappa shape index (κ1) is 10.8. The summed E-state index contributed by atoms with van der Waals surface area (Å²) >= 11 is 0. The zero-order chi connectivity index (χ0) is 12.0. The molecule has 0 bridgehead atoms. The molecule has 3 rings (SSSR count). The van der Waals surface area contributed by atoms with Gasteiger partial charge in [-0.3, -0.25) is 0 Å². The summed E-state index contributed by atoms with van der Waals surface area (Å²) in [6.07, 6.45) is 3.43. The fourth-order valence-electron chi connectivity index (χ4n) is 2.78. The number of fused-ring (bicyclic) bond motifs is 1. The van der Waals surface area contributed by atoms with Gasteiger partial charge in [-0.2, -0.15) is 0 Å². The van der Waals surface area contributed by atoms with Gasteiger partial charge in [0.2, 0.25) is 0 Å². The molecule has 1 saturated carbocycles. The van der Waals surface area contributed by atoms with Crippen LogP contribution in [0, 0.1) is 6.92 Å². The van der Waals surface area contributed by atoms with Crippen LogP contribution in [-0.2, 0) is 12.5 Å². The average Bonchev–Trinajstić information content (AvgIpc) is 2.55. The standard InChI is InChI=1S/C14H18N2O/c1-10-15-12-5-4-11(8-13(12)16(10)2)14(9-17)6-3-7-14/h4-5,8,17H,3,6-7,9H2,1-2H3. The maximum atomic E-state index is 9.61. The highest BCUT2D eigenvalue weighted by atomic mass is 16.3. The van der Waals surface area contributed by atoms with Crippen molar-refractivity contribution in [3.8, 4) is 0 Å². The summed E-state index contributed by atoms with van der Waals surface area (Å²) in [5.41, 5.74) is 3.49. The molecule has 1 aromatic carbocycles. The molecule has 1 N–H and O–H groups in total. The number of rotatable bonds is 2. The summed E-state index contributed by atoms with van der Waals surface area (Å²) in [5, 5.41) is 9.61. The molecule has 0 amide bonds. The highest BCUT2D eigenvalue weighted by Gasteiger charge is 2.38. The van der Waals surface area contributed by atoms with Crippen LogP contribution < -0.4 is 0 Å². The first-order valence-electron chi connectivity index (χ1n) is 6.21. The molecule has 3 heteroatoms. The van der Waals surface area contributed by atoms with Crippen LogP contribution in [0.5, 0.6) is 0 Å². The molecule has 1 aliphatic rings. The Morgan fingerprint density at radius 1 is 1.41 bits per heavy atom. The van der Waals surface area contributed by atoms with E-state index in [1.165, 1.54) is 17.5 Å². The highest BCUT2D eigenvalue weighted by molar-refractivity contribution is 5.77. The van der Waals surface area contributed by atoms with E-state index in [9.17, 15) is 5.11 Å². The van der Waals surface area contributed by atoms with Gasteiger partial charge in [-0.1, -0.05) is 12.5 Å². The van der Waals surface area contributed by atoms with Crippen molar-refractivity contribution >= 4 is 11.0 Å². The minimum atomic E-state index is 0.0202. The topological polar surface area (TPSA) is 38.1 Å². The van der Waals surface area contributed by atoms with Gasteiger partial charge in [0.15, 0.2) is 0 Å². The van der Waals surface area contributed by atoms with E-state index in [-0.39, 0.29) is 12.0 Å². The maximum Gasteiger partial charge on any atom is 0.106 e. The lowest BCUT2D eigenvalue weighted by Crippen LogP contribution is -2.37. The van der Waals surface area contributed by atoms with Crippen molar-refractivity contribution in [2.24, 2.45) is 7.05 Å². The summed E-state index contributed by atoms with van der Waals surface area (Å²) < 4.78 is 2.11. The Morgan fingerprint density at radius 2 is 2.18 bits per heavy atom. The fourth-order valence-corrected chi connectivity index (χ4v) is 2.78. The number of aliphatic hydroxyl groups is 1. The number of aromatic nitrogens is 2. The van der Waals surface area contributed by atoms with E-state index in [2.05, 4.69) is 27.8 Å². The quantitative estimate of drug-likeness (QED) is 0.859. The van der Waals surface area contributed by atoms with Crippen molar-refractivity contribution in [3.63, 3.8) is 0 Å². The van der Waals surface area contributed by atoms with Gasteiger partial charge in [0, 0.05) is 12.5 Å². The molecular weight excluding hydrogens is 212 g/mol. The van der Waals surface area contributed by atoms with Gasteiger partial charge in [-0.05, 0) is 37.5 Å². The molecule has 0 aliphatic heterocycles. The normalized spacial score (nSPS) is 18.3. The average molecular weight is 230 g/mol. The van der Waals surface area contributed by atoms with Crippen molar-refractivity contribution < 1.29 is 5.11 Å². The lowest BCUT2D eigenvalue weighted by molar-refractivity contribution is 0.120. The van der Waals surface area contributed by atoms with Crippen LogP contribution in [0.1, 0.15) is 30.7 Å². The van der Waals surface area contributed by atoms with E-state index in [0.29, 0.717) is 0 Å². The van der Waals surface area contributed by atoms with Gasteiger partial charge in [-0.15, -0.1) is 0 Å². The molecule has 1 fully saturated rings. The number of aryl methyl sites for hydroxylation is 2. The Kier molecular flexibility index (Phi) is 2.26. The summed E-state index contributed by atoms with van der Waals surface area (Å²) in [6.45, 7) is 2.28. The second-order valence-corrected chi connectivity index (χ2v) is 5.21. The first-order valence-corrected chi connectivity index (χ1v) is 6.21. The summed E-state index contributed by atoms with van der Waals surface area (Å²) in [5.74, 6) is 1.03. The molecule has 0 radical (unpaired) electrons. The largest absolute Gasteiger partial charge is 0.395 e. The highest BCUT2D eigenvalue weighted by Crippen LogP contribution is 2.43. The zero-order valence-electron chi connectivity index (χ0n) is 10.4. The molecule has 3 nitrogen and oxygen atoms in total. The molecule has 1 aliphatic carbocycles. The van der Waals surface area contributed by atoms with Crippen LogP contribution in [0.4, 0.5) is 0 Å². The van der Waals surface area contributed by atoms with E-state index in [1.54, 1.807) is 0 Å². The molecule has 1 aromatic heterocycles. The number of imidazole rings is 1. The van der Waals surface area contributed by atoms with Gasteiger partial charge in [0.1, 0.15) is 5.82 Å². The monoisotopic (exact) mass is 230 g/mol. The summed E-state index contributed by atoms with van der Waals surface area (Å²) in [7, 11) is 2.04. The Balaban J connectivity index is 2.15. The third-order valence-corrected chi connectivity index (χ3v) is 4.33. The lowest BCUT2D eigenvalue weighted by atomic mass is 9.65. The molecule has 0 unspecified atom stereocenters. The Labute approximate surface area is 101 Å². The van der Waals surface area contributed by atoms with Gasteiger partial charge in [0.25, 0.3) is 0 Å². The second kappa shape index (κ2) is 3.57. The molecule has 0 saturated heterocycles. The predicted octanol–water partition coefficient (Wildman–Crippen LogP) is 2.30. The molecule has 17 heavy (non-hydrogen) atoms. The van der Waals surface area contributed by atoms with E-state index in [4.69, 9.17) is 0 Å². The van der Waals surface area contributed by atoms with Crippen LogP contribution in [-0.4, -0.2) is 21.3 Å².